The molecule has 2 bridgehead atoms. The molecule has 3 fully saturated rings. The van der Waals surface area contributed by atoms with E-state index in [0.717, 1.165) is 11.8 Å². The van der Waals surface area contributed by atoms with Crippen LogP contribution in [0.5, 0.6) is 0 Å². The van der Waals surface area contributed by atoms with Crippen molar-refractivity contribution in [1.82, 2.24) is 0 Å². The van der Waals surface area contributed by atoms with Crippen LogP contribution in [0.25, 0.3) is 5.57 Å². The molecule has 1 heteroatoms. The average Bonchev–Trinajstić information content (AvgIpc) is 2.46. The quantitative estimate of drug-likeness (QED) is 0.616. The highest BCUT2D eigenvalue weighted by atomic mass is 28.3. The summed E-state index contributed by atoms with van der Waals surface area (Å²) in [5.41, 5.74) is 7.88. The Hall–Kier alpha value is -0.823. The lowest BCUT2D eigenvalue weighted by molar-refractivity contribution is -0.133. The van der Waals surface area contributed by atoms with E-state index in [2.05, 4.69) is 70.8 Å². The summed E-state index contributed by atoms with van der Waals surface area (Å²) < 4.78 is 0. The molecule has 1 aromatic rings. The Kier molecular flexibility index (Phi) is 3.92. The van der Waals surface area contributed by atoms with Crippen molar-refractivity contribution in [2.24, 2.45) is 17.3 Å². The topological polar surface area (TPSA) is 0 Å². The maximum Gasteiger partial charge on any atom is 0.0557 e. The van der Waals surface area contributed by atoms with Crippen LogP contribution < -0.4 is 0 Å². The molecule has 0 nitrogen and oxygen atoms in total. The molecule has 0 heterocycles. The van der Waals surface area contributed by atoms with Crippen molar-refractivity contribution in [3.05, 3.63) is 41.1 Å². The van der Waals surface area contributed by atoms with Gasteiger partial charge in [0.05, 0.1) is 8.80 Å². The lowest BCUT2D eigenvalue weighted by atomic mass is 9.35. The van der Waals surface area contributed by atoms with Crippen molar-refractivity contribution < 1.29 is 0 Å². The second-order valence-corrected chi connectivity index (χ2v) is 11.6. The summed E-state index contributed by atoms with van der Waals surface area (Å²) in [6, 6.07) is 9.62. The lowest BCUT2D eigenvalue weighted by Gasteiger charge is -2.69. The average molecular weight is 313 g/mol. The highest BCUT2D eigenvalue weighted by molar-refractivity contribution is 6.62. The van der Waals surface area contributed by atoms with E-state index in [0.29, 0.717) is 10.8 Å². The van der Waals surface area contributed by atoms with Gasteiger partial charge in [-0.25, -0.2) is 0 Å². The summed E-state index contributed by atoms with van der Waals surface area (Å²) >= 11 is 0. The van der Waals surface area contributed by atoms with E-state index in [1.807, 2.05) is 0 Å². The third kappa shape index (κ3) is 2.16. The fourth-order valence-corrected chi connectivity index (χ4v) is 6.73. The monoisotopic (exact) mass is 312 g/mol. The maximum atomic E-state index is 2.51. The Bertz CT molecular complexity index is 578. The second-order valence-electron chi connectivity index (χ2n) is 8.74. The van der Waals surface area contributed by atoms with Gasteiger partial charge in [-0.3, -0.25) is 0 Å². The van der Waals surface area contributed by atoms with Crippen molar-refractivity contribution >= 4 is 14.4 Å². The minimum Gasteiger partial charge on any atom is -0.0947 e. The van der Waals surface area contributed by atoms with Crippen LogP contribution in [0.1, 0.15) is 58.1 Å². The SMILES string of the molecule is CC(=C[SiH](C)C)c1ccc(C23CC(CCC2C)C3(C)C)cc1. The third-order valence-electron chi connectivity index (χ3n) is 6.97. The largest absolute Gasteiger partial charge is 0.0947 e. The number of benzene rings is 1. The molecule has 4 rings (SSSR count). The smallest absolute Gasteiger partial charge is 0.0557 e. The van der Waals surface area contributed by atoms with E-state index in [4.69, 9.17) is 0 Å². The molecule has 3 aliphatic rings. The molecule has 3 saturated carbocycles. The molecule has 22 heavy (non-hydrogen) atoms. The van der Waals surface area contributed by atoms with Gasteiger partial charge in [0.15, 0.2) is 0 Å². The van der Waals surface area contributed by atoms with Crippen molar-refractivity contribution in [3.63, 3.8) is 0 Å². The summed E-state index contributed by atoms with van der Waals surface area (Å²) in [5, 5.41) is 0. The van der Waals surface area contributed by atoms with E-state index in [-0.39, 0.29) is 0 Å². The van der Waals surface area contributed by atoms with Crippen LogP contribution in [0.4, 0.5) is 0 Å². The van der Waals surface area contributed by atoms with Crippen LogP contribution in [0, 0.1) is 17.3 Å². The van der Waals surface area contributed by atoms with Gasteiger partial charge in [-0.2, -0.15) is 0 Å². The predicted molar refractivity (Wildman–Crippen MR) is 101 cm³/mol. The number of hydrogen-bond donors (Lipinski definition) is 0. The fraction of sp³-hybridized carbons (Fsp3) is 0.619. The summed E-state index contributed by atoms with van der Waals surface area (Å²) in [7, 11) is -0.638. The molecule has 0 radical (unpaired) electrons. The minimum absolute atomic E-state index is 0.429. The molecular formula is C21H32Si. The summed E-state index contributed by atoms with van der Waals surface area (Å²) in [6.45, 7) is 14.6. The van der Waals surface area contributed by atoms with Crippen molar-refractivity contribution in [3.8, 4) is 0 Å². The van der Waals surface area contributed by atoms with Crippen molar-refractivity contribution in [1.29, 1.82) is 0 Å². The van der Waals surface area contributed by atoms with Gasteiger partial charge in [-0.15, -0.1) is 0 Å². The van der Waals surface area contributed by atoms with Gasteiger partial charge in [0, 0.05) is 5.41 Å². The third-order valence-corrected chi connectivity index (χ3v) is 8.13. The maximum absolute atomic E-state index is 2.51. The molecule has 1 aromatic carbocycles. The molecule has 0 amide bonds. The lowest BCUT2D eigenvalue weighted by Crippen LogP contribution is -2.64. The molecule has 0 spiro atoms. The normalized spacial score (nSPS) is 33.7. The number of rotatable bonds is 3. The minimum atomic E-state index is -0.638. The first-order chi connectivity index (χ1) is 10.3. The van der Waals surface area contributed by atoms with Gasteiger partial charge >= 0.3 is 0 Å². The Labute approximate surface area is 138 Å². The van der Waals surface area contributed by atoms with Crippen molar-refractivity contribution in [2.45, 2.75) is 65.5 Å². The van der Waals surface area contributed by atoms with Crippen LogP contribution in [0.15, 0.2) is 30.0 Å². The zero-order valence-corrected chi connectivity index (χ0v) is 16.4. The Morgan fingerprint density at radius 1 is 1.14 bits per heavy atom. The highest BCUT2D eigenvalue weighted by Gasteiger charge is 2.64. The first kappa shape index (κ1) is 16.0. The molecule has 0 N–H and O–H groups in total. The van der Waals surface area contributed by atoms with Gasteiger partial charge in [0.1, 0.15) is 0 Å². The number of allylic oxidation sites excluding steroid dienone is 1. The second kappa shape index (κ2) is 5.37. The van der Waals surface area contributed by atoms with Crippen molar-refractivity contribution in [2.75, 3.05) is 0 Å². The van der Waals surface area contributed by atoms with E-state index in [1.54, 1.807) is 5.56 Å². The van der Waals surface area contributed by atoms with E-state index in [1.165, 1.54) is 30.4 Å². The Balaban J connectivity index is 1.93. The van der Waals surface area contributed by atoms with E-state index in [9.17, 15) is 0 Å². The van der Waals surface area contributed by atoms with E-state index >= 15 is 0 Å². The molecule has 3 aliphatic carbocycles. The molecule has 3 atom stereocenters. The molecule has 0 aliphatic heterocycles. The first-order valence-electron chi connectivity index (χ1n) is 9.08. The highest BCUT2D eigenvalue weighted by Crippen LogP contribution is 2.70. The van der Waals surface area contributed by atoms with Crippen LogP contribution in [0.3, 0.4) is 0 Å². The fourth-order valence-electron chi connectivity index (χ4n) is 5.54. The van der Waals surface area contributed by atoms with E-state index < -0.39 is 8.80 Å². The van der Waals surface area contributed by atoms with Crippen LogP contribution in [-0.2, 0) is 5.41 Å². The Morgan fingerprint density at radius 2 is 1.77 bits per heavy atom. The molecular weight excluding hydrogens is 280 g/mol. The summed E-state index contributed by atoms with van der Waals surface area (Å²) in [5.74, 6) is 1.76. The van der Waals surface area contributed by atoms with Gasteiger partial charge in [0.2, 0.25) is 0 Å². The zero-order chi connectivity index (χ0) is 16.1. The summed E-state index contributed by atoms with van der Waals surface area (Å²) in [6.07, 6.45) is 4.26. The van der Waals surface area contributed by atoms with Gasteiger partial charge in [-0.05, 0) is 54.6 Å². The predicted octanol–water partition coefficient (Wildman–Crippen LogP) is 5.83. The molecule has 0 saturated heterocycles. The van der Waals surface area contributed by atoms with Crippen LogP contribution in [0.2, 0.25) is 13.1 Å². The number of fused-ring (bicyclic) bond motifs is 2. The molecule has 0 aromatic heterocycles. The number of hydrogen-bond acceptors (Lipinski definition) is 0. The van der Waals surface area contributed by atoms with Crippen LogP contribution in [-0.4, -0.2) is 8.80 Å². The Morgan fingerprint density at radius 3 is 2.27 bits per heavy atom. The standard InChI is InChI=1S/C21H32Si/c1-15(14-22(5)6)17-8-11-18(12-9-17)21-13-19(20(21,3)4)10-7-16(21)2/h8-9,11-12,14,16,19,22H,7,10,13H2,1-6H3. The van der Waals surface area contributed by atoms with Gasteiger partial charge in [0.25, 0.3) is 0 Å². The van der Waals surface area contributed by atoms with Crippen LogP contribution >= 0.6 is 0 Å². The first-order valence-corrected chi connectivity index (χ1v) is 12.1. The molecule has 3 unspecified atom stereocenters. The zero-order valence-electron chi connectivity index (χ0n) is 15.2. The molecule has 120 valence electrons. The van der Waals surface area contributed by atoms with Gasteiger partial charge in [-0.1, -0.05) is 69.4 Å². The summed E-state index contributed by atoms with van der Waals surface area (Å²) in [4.78, 5) is 0. The van der Waals surface area contributed by atoms with Gasteiger partial charge < -0.3 is 0 Å².